The number of ether oxygens (including phenoxy) is 1. The molecule has 0 atom stereocenters. The first kappa shape index (κ1) is 13.3. The highest BCUT2D eigenvalue weighted by Gasteiger charge is 2.19. The van der Waals surface area contributed by atoms with E-state index in [0.29, 0.717) is 30.9 Å². The van der Waals surface area contributed by atoms with Crippen LogP contribution in [-0.2, 0) is 6.54 Å². The molecule has 0 unspecified atom stereocenters. The predicted molar refractivity (Wildman–Crippen MR) is 82.4 cm³/mol. The van der Waals surface area contributed by atoms with Gasteiger partial charge in [0.1, 0.15) is 12.4 Å². The fraction of sp³-hybridized carbons (Fsp3) is 0.188. The van der Waals surface area contributed by atoms with Crippen molar-refractivity contribution < 1.29 is 9.53 Å². The summed E-state index contributed by atoms with van der Waals surface area (Å²) in [6.45, 7) is 1.90. The number of hydrogen-bond donors (Lipinski definition) is 2. The minimum absolute atomic E-state index is 0.439. The van der Waals surface area contributed by atoms with Crippen molar-refractivity contribution in [3.8, 4) is 5.75 Å². The molecule has 0 spiro atoms. The lowest BCUT2D eigenvalue weighted by Crippen LogP contribution is -2.28. The predicted octanol–water partition coefficient (Wildman–Crippen LogP) is 1.77. The number of carbonyl (C=O) groups is 1. The summed E-state index contributed by atoms with van der Waals surface area (Å²) in [7, 11) is 0. The number of nitrogen functional groups attached to an aromatic ring is 1. The average molecular weight is 283 g/mol. The van der Waals surface area contributed by atoms with Crippen LogP contribution in [0.4, 0.5) is 11.4 Å². The van der Waals surface area contributed by atoms with Gasteiger partial charge in [-0.1, -0.05) is 18.2 Å². The maximum Gasteiger partial charge on any atom is 0.250 e. The number of nitrogens with zero attached hydrogens (tertiary/aromatic N) is 1. The Morgan fingerprint density at radius 3 is 2.81 bits per heavy atom. The normalized spacial score (nSPS) is 14.0. The number of amides is 1. The summed E-state index contributed by atoms with van der Waals surface area (Å²) in [5, 5.41) is 0. The molecule has 0 bridgehead atoms. The monoisotopic (exact) mass is 283 g/mol. The molecule has 1 heterocycles. The first-order valence-corrected chi connectivity index (χ1v) is 6.80. The Kier molecular flexibility index (Phi) is 3.39. The molecule has 0 aromatic heterocycles. The lowest BCUT2D eigenvalue weighted by atomic mass is 10.1. The molecule has 0 fully saturated rings. The van der Waals surface area contributed by atoms with Crippen LogP contribution in [0, 0.1) is 0 Å². The Labute approximate surface area is 123 Å². The van der Waals surface area contributed by atoms with Gasteiger partial charge in [-0.3, -0.25) is 4.79 Å². The second-order valence-corrected chi connectivity index (χ2v) is 5.02. The van der Waals surface area contributed by atoms with Crippen LogP contribution in [0.2, 0.25) is 0 Å². The van der Waals surface area contributed by atoms with Gasteiger partial charge in [-0.2, -0.15) is 0 Å². The van der Waals surface area contributed by atoms with E-state index in [0.717, 1.165) is 17.0 Å². The first-order valence-electron chi connectivity index (χ1n) is 6.80. The van der Waals surface area contributed by atoms with Crippen molar-refractivity contribution in [3.63, 3.8) is 0 Å². The van der Waals surface area contributed by atoms with Crippen LogP contribution in [0.5, 0.6) is 5.75 Å². The van der Waals surface area contributed by atoms with Crippen LogP contribution < -0.4 is 21.1 Å². The molecule has 0 aliphatic carbocycles. The summed E-state index contributed by atoms with van der Waals surface area (Å²) in [5.74, 6) is 0.409. The van der Waals surface area contributed by atoms with Crippen LogP contribution in [0.25, 0.3) is 0 Å². The number of anilines is 2. The summed E-state index contributed by atoms with van der Waals surface area (Å²) in [5.41, 5.74) is 14.1. The fourth-order valence-electron chi connectivity index (χ4n) is 2.56. The SMILES string of the molecule is NC(=O)c1cc(N)ccc1N1CCOc2ccccc2C1. The third kappa shape index (κ3) is 2.63. The molecule has 1 aliphatic rings. The van der Waals surface area contributed by atoms with Gasteiger partial charge in [0.2, 0.25) is 0 Å². The second-order valence-electron chi connectivity index (χ2n) is 5.02. The van der Waals surface area contributed by atoms with E-state index in [9.17, 15) is 4.79 Å². The number of hydrogen-bond acceptors (Lipinski definition) is 4. The van der Waals surface area contributed by atoms with Crippen molar-refractivity contribution in [2.24, 2.45) is 5.73 Å². The Hall–Kier alpha value is -2.69. The summed E-state index contributed by atoms with van der Waals surface area (Å²) in [4.78, 5) is 13.7. The van der Waals surface area contributed by atoms with E-state index >= 15 is 0 Å². The zero-order chi connectivity index (χ0) is 14.8. The molecule has 5 heteroatoms. The van der Waals surface area contributed by atoms with E-state index in [-0.39, 0.29) is 0 Å². The molecule has 4 N–H and O–H groups in total. The van der Waals surface area contributed by atoms with Gasteiger partial charge in [0.25, 0.3) is 5.91 Å². The number of para-hydroxylation sites is 1. The molecule has 2 aromatic carbocycles. The van der Waals surface area contributed by atoms with Gasteiger partial charge in [0.15, 0.2) is 0 Å². The smallest absolute Gasteiger partial charge is 0.250 e. The van der Waals surface area contributed by atoms with E-state index in [2.05, 4.69) is 4.90 Å². The molecule has 0 radical (unpaired) electrons. The second kappa shape index (κ2) is 5.36. The van der Waals surface area contributed by atoms with Crippen molar-refractivity contribution in [2.45, 2.75) is 6.54 Å². The highest BCUT2D eigenvalue weighted by molar-refractivity contribution is 5.99. The van der Waals surface area contributed by atoms with Crippen LogP contribution in [-0.4, -0.2) is 19.1 Å². The Bertz CT molecular complexity index is 685. The lowest BCUT2D eigenvalue weighted by molar-refractivity contribution is 0.100. The molecule has 5 nitrogen and oxygen atoms in total. The molecular weight excluding hydrogens is 266 g/mol. The number of nitrogens with two attached hydrogens (primary N) is 2. The van der Waals surface area contributed by atoms with Crippen molar-refractivity contribution in [1.29, 1.82) is 0 Å². The maximum absolute atomic E-state index is 11.7. The average Bonchev–Trinajstić information content (AvgIpc) is 2.69. The lowest BCUT2D eigenvalue weighted by Gasteiger charge is -2.24. The van der Waals surface area contributed by atoms with Crippen LogP contribution in [0.15, 0.2) is 42.5 Å². The number of carbonyl (C=O) groups excluding carboxylic acids is 1. The molecule has 2 aromatic rings. The Morgan fingerprint density at radius 2 is 2.00 bits per heavy atom. The standard InChI is InChI=1S/C16H17N3O2/c17-12-5-6-14(13(9-12)16(18)20)19-7-8-21-15-4-2-1-3-11(15)10-19/h1-6,9H,7-8,10,17H2,(H2,18,20). The molecule has 0 saturated heterocycles. The van der Waals surface area contributed by atoms with Gasteiger partial charge in [-0.05, 0) is 24.3 Å². The number of benzene rings is 2. The van der Waals surface area contributed by atoms with E-state index in [1.165, 1.54) is 0 Å². The topological polar surface area (TPSA) is 81.6 Å². The highest BCUT2D eigenvalue weighted by atomic mass is 16.5. The van der Waals surface area contributed by atoms with Gasteiger partial charge in [0.05, 0.1) is 17.8 Å². The van der Waals surface area contributed by atoms with Gasteiger partial charge in [0, 0.05) is 17.8 Å². The minimum atomic E-state index is -0.476. The van der Waals surface area contributed by atoms with Crippen LogP contribution >= 0.6 is 0 Å². The van der Waals surface area contributed by atoms with Crippen molar-refractivity contribution in [3.05, 3.63) is 53.6 Å². The molecule has 108 valence electrons. The summed E-state index contributed by atoms with van der Waals surface area (Å²) >= 11 is 0. The summed E-state index contributed by atoms with van der Waals surface area (Å²) < 4.78 is 5.74. The molecule has 1 aliphatic heterocycles. The zero-order valence-corrected chi connectivity index (χ0v) is 11.6. The summed E-state index contributed by atoms with van der Waals surface area (Å²) in [6.07, 6.45) is 0. The van der Waals surface area contributed by atoms with E-state index in [1.807, 2.05) is 30.3 Å². The number of primary amides is 1. The van der Waals surface area contributed by atoms with Crippen molar-refractivity contribution >= 4 is 17.3 Å². The minimum Gasteiger partial charge on any atom is -0.491 e. The molecule has 3 rings (SSSR count). The first-order chi connectivity index (χ1) is 10.1. The molecule has 21 heavy (non-hydrogen) atoms. The van der Waals surface area contributed by atoms with Gasteiger partial charge in [-0.15, -0.1) is 0 Å². The fourth-order valence-corrected chi connectivity index (χ4v) is 2.56. The van der Waals surface area contributed by atoms with E-state index < -0.39 is 5.91 Å². The van der Waals surface area contributed by atoms with Gasteiger partial charge >= 0.3 is 0 Å². The maximum atomic E-state index is 11.7. The third-order valence-corrected chi connectivity index (χ3v) is 3.58. The van der Waals surface area contributed by atoms with Gasteiger partial charge < -0.3 is 21.1 Å². The molecule has 1 amide bonds. The zero-order valence-electron chi connectivity index (χ0n) is 11.6. The van der Waals surface area contributed by atoms with Crippen LogP contribution in [0.3, 0.4) is 0 Å². The van der Waals surface area contributed by atoms with E-state index in [4.69, 9.17) is 16.2 Å². The number of fused-ring (bicyclic) bond motifs is 1. The number of rotatable bonds is 2. The Balaban J connectivity index is 2.00. The third-order valence-electron chi connectivity index (χ3n) is 3.58. The van der Waals surface area contributed by atoms with Crippen molar-refractivity contribution in [2.75, 3.05) is 23.8 Å². The van der Waals surface area contributed by atoms with Crippen LogP contribution in [0.1, 0.15) is 15.9 Å². The van der Waals surface area contributed by atoms with E-state index in [1.54, 1.807) is 12.1 Å². The quantitative estimate of drug-likeness (QED) is 0.823. The van der Waals surface area contributed by atoms with Crippen molar-refractivity contribution in [1.82, 2.24) is 0 Å². The summed E-state index contributed by atoms with van der Waals surface area (Å²) in [6, 6.07) is 13.1. The highest BCUT2D eigenvalue weighted by Crippen LogP contribution is 2.29. The molecular formula is C16H17N3O2. The Morgan fingerprint density at radius 1 is 1.19 bits per heavy atom. The largest absolute Gasteiger partial charge is 0.491 e. The van der Waals surface area contributed by atoms with Gasteiger partial charge in [-0.25, -0.2) is 0 Å². The molecule has 0 saturated carbocycles.